The van der Waals surface area contributed by atoms with Gasteiger partial charge in [0.05, 0.1) is 24.9 Å². The third kappa shape index (κ3) is 4.00. The summed E-state index contributed by atoms with van der Waals surface area (Å²) in [4.78, 5) is 16.5. The molecule has 1 atom stereocenters. The summed E-state index contributed by atoms with van der Waals surface area (Å²) in [7, 11) is 0. The van der Waals surface area contributed by atoms with E-state index in [1.165, 1.54) is 24.3 Å². The van der Waals surface area contributed by atoms with Crippen molar-refractivity contribution in [3.63, 3.8) is 0 Å². The number of urea groups is 1. The number of rotatable bonds is 4. The van der Waals surface area contributed by atoms with E-state index in [4.69, 9.17) is 4.74 Å². The molecule has 0 spiro atoms. The van der Waals surface area contributed by atoms with E-state index in [2.05, 4.69) is 10.2 Å². The fourth-order valence-electron chi connectivity index (χ4n) is 3.90. The van der Waals surface area contributed by atoms with Crippen molar-refractivity contribution in [2.45, 2.75) is 12.5 Å². The molecule has 2 aliphatic heterocycles. The molecule has 2 amide bonds. The van der Waals surface area contributed by atoms with Crippen LogP contribution >= 0.6 is 0 Å². The van der Waals surface area contributed by atoms with Crippen molar-refractivity contribution in [3.8, 4) is 0 Å². The second-order valence-electron chi connectivity index (χ2n) is 7.08. The zero-order valence-corrected chi connectivity index (χ0v) is 15.5. The van der Waals surface area contributed by atoms with Gasteiger partial charge in [-0.25, -0.2) is 13.6 Å². The van der Waals surface area contributed by atoms with Gasteiger partial charge in [0.2, 0.25) is 0 Å². The summed E-state index contributed by atoms with van der Waals surface area (Å²) < 4.78 is 32.8. The minimum Gasteiger partial charge on any atom is -0.379 e. The Morgan fingerprint density at radius 1 is 1.07 bits per heavy atom. The monoisotopic (exact) mass is 387 g/mol. The first-order valence-corrected chi connectivity index (χ1v) is 9.53. The number of ether oxygens (including phenoxy) is 1. The molecule has 1 N–H and O–H groups in total. The number of amides is 2. The molecule has 2 aromatic rings. The summed E-state index contributed by atoms with van der Waals surface area (Å²) in [6, 6.07) is 10.6. The fourth-order valence-corrected chi connectivity index (χ4v) is 3.90. The number of morpholine rings is 1. The standard InChI is InChI=1S/C21H23F2N3O2/c22-17-3-1-2-16(12-17)20(25-8-10-28-11-9-25)14-24-21(27)26-7-6-15-4-5-18(23)13-19(15)26/h1-5,12-13,20H,6-11,14H2,(H,24,27). The van der Waals surface area contributed by atoms with Gasteiger partial charge in [0, 0.05) is 26.2 Å². The van der Waals surface area contributed by atoms with Crippen LogP contribution in [0.2, 0.25) is 0 Å². The van der Waals surface area contributed by atoms with Crippen molar-refractivity contribution in [1.82, 2.24) is 10.2 Å². The van der Waals surface area contributed by atoms with Crippen LogP contribution in [0.3, 0.4) is 0 Å². The first kappa shape index (κ1) is 18.8. The summed E-state index contributed by atoms with van der Waals surface area (Å²) in [5.74, 6) is -0.657. The highest BCUT2D eigenvalue weighted by molar-refractivity contribution is 5.94. The number of nitrogens with zero attached hydrogens (tertiary/aromatic N) is 2. The maximum atomic E-state index is 13.8. The maximum Gasteiger partial charge on any atom is 0.321 e. The minimum absolute atomic E-state index is 0.155. The highest BCUT2D eigenvalue weighted by atomic mass is 19.1. The average molecular weight is 387 g/mol. The van der Waals surface area contributed by atoms with Crippen LogP contribution < -0.4 is 10.2 Å². The fraction of sp³-hybridized carbons (Fsp3) is 0.381. The molecule has 1 fully saturated rings. The molecule has 1 unspecified atom stereocenters. The first-order chi connectivity index (χ1) is 13.6. The largest absolute Gasteiger partial charge is 0.379 e. The van der Waals surface area contributed by atoms with Crippen LogP contribution in [0.4, 0.5) is 19.3 Å². The summed E-state index contributed by atoms with van der Waals surface area (Å²) in [6.07, 6.45) is 0.708. The van der Waals surface area contributed by atoms with E-state index < -0.39 is 0 Å². The summed E-state index contributed by atoms with van der Waals surface area (Å²) in [5.41, 5.74) is 2.40. The maximum absolute atomic E-state index is 13.8. The predicted molar refractivity (Wildman–Crippen MR) is 102 cm³/mol. The molecule has 0 aromatic heterocycles. The van der Waals surface area contributed by atoms with Crippen molar-refractivity contribution in [1.29, 1.82) is 0 Å². The molecule has 28 heavy (non-hydrogen) atoms. The van der Waals surface area contributed by atoms with E-state index in [-0.39, 0.29) is 23.7 Å². The quantitative estimate of drug-likeness (QED) is 0.877. The van der Waals surface area contributed by atoms with Gasteiger partial charge in [-0.05, 0) is 41.8 Å². The molecular formula is C21H23F2N3O2. The van der Waals surface area contributed by atoms with Crippen molar-refractivity contribution in [2.75, 3.05) is 44.3 Å². The van der Waals surface area contributed by atoms with E-state index >= 15 is 0 Å². The number of fused-ring (bicyclic) bond motifs is 1. The van der Waals surface area contributed by atoms with Gasteiger partial charge in [-0.1, -0.05) is 18.2 Å². The van der Waals surface area contributed by atoms with Crippen molar-refractivity contribution in [3.05, 3.63) is 65.2 Å². The minimum atomic E-state index is -0.357. The van der Waals surface area contributed by atoms with Gasteiger partial charge < -0.3 is 10.1 Å². The molecule has 148 valence electrons. The lowest BCUT2D eigenvalue weighted by Crippen LogP contribution is -2.46. The van der Waals surface area contributed by atoms with Crippen LogP contribution in [0, 0.1) is 11.6 Å². The van der Waals surface area contributed by atoms with Gasteiger partial charge in [-0.2, -0.15) is 0 Å². The molecule has 0 bridgehead atoms. The Morgan fingerprint density at radius 3 is 2.64 bits per heavy atom. The second kappa shape index (κ2) is 8.24. The Labute approximate surface area is 162 Å². The van der Waals surface area contributed by atoms with Gasteiger partial charge in [0.1, 0.15) is 11.6 Å². The van der Waals surface area contributed by atoms with Crippen LogP contribution in [-0.4, -0.2) is 50.3 Å². The smallest absolute Gasteiger partial charge is 0.321 e. The van der Waals surface area contributed by atoms with Gasteiger partial charge >= 0.3 is 6.03 Å². The third-order valence-corrected chi connectivity index (χ3v) is 5.35. The van der Waals surface area contributed by atoms with Crippen LogP contribution in [-0.2, 0) is 11.2 Å². The predicted octanol–water partition coefficient (Wildman–Crippen LogP) is 3.11. The first-order valence-electron chi connectivity index (χ1n) is 9.53. The number of hydrogen-bond acceptors (Lipinski definition) is 3. The topological polar surface area (TPSA) is 44.8 Å². The second-order valence-corrected chi connectivity index (χ2v) is 7.08. The zero-order valence-electron chi connectivity index (χ0n) is 15.5. The molecule has 1 saturated heterocycles. The van der Waals surface area contributed by atoms with Crippen molar-refractivity contribution in [2.24, 2.45) is 0 Å². The Hall–Kier alpha value is -2.51. The number of carbonyl (C=O) groups is 1. The number of hydrogen-bond donors (Lipinski definition) is 1. The summed E-state index contributed by atoms with van der Waals surface area (Å²) >= 11 is 0. The number of nitrogens with one attached hydrogen (secondary N) is 1. The number of anilines is 1. The number of halogens is 2. The Morgan fingerprint density at radius 2 is 1.86 bits per heavy atom. The zero-order chi connectivity index (χ0) is 19.5. The molecule has 2 heterocycles. The van der Waals surface area contributed by atoms with Gasteiger partial charge in [-0.3, -0.25) is 9.80 Å². The van der Waals surface area contributed by atoms with E-state index in [0.717, 1.165) is 24.2 Å². The van der Waals surface area contributed by atoms with Gasteiger partial charge in [-0.15, -0.1) is 0 Å². The summed E-state index contributed by atoms with van der Waals surface area (Å²) in [6.45, 7) is 3.51. The Bertz CT molecular complexity index is 855. The van der Waals surface area contributed by atoms with E-state index in [0.29, 0.717) is 38.4 Å². The molecule has 0 radical (unpaired) electrons. The average Bonchev–Trinajstić information content (AvgIpc) is 3.12. The number of carbonyl (C=O) groups excluding carboxylic acids is 1. The van der Waals surface area contributed by atoms with Gasteiger partial charge in [0.15, 0.2) is 0 Å². The van der Waals surface area contributed by atoms with E-state index in [1.54, 1.807) is 17.0 Å². The lowest BCUT2D eigenvalue weighted by molar-refractivity contribution is 0.0167. The summed E-state index contributed by atoms with van der Waals surface area (Å²) in [5, 5.41) is 2.96. The van der Waals surface area contributed by atoms with Crippen LogP contribution in [0.15, 0.2) is 42.5 Å². The van der Waals surface area contributed by atoms with E-state index in [9.17, 15) is 13.6 Å². The van der Waals surface area contributed by atoms with Crippen LogP contribution in [0.1, 0.15) is 17.2 Å². The van der Waals surface area contributed by atoms with Crippen LogP contribution in [0.5, 0.6) is 0 Å². The lowest BCUT2D eigenvalue weighted by Gasteiger charge is -2.35. The molecule has 2 aliphatic rings. The van der Waals surface area contributed by atoms with Crippen LogP contribution in [0.25, 0.3) is 0 Å². The van der Waals surface area contributed by atoms with Crippen molar-refractivity contribution < 1.29 is 18.3 Å². The van der Waals surface area contributed by atoms with E-state index in [1.807, 2.05) is 6.07 Å². The highest BCUT2D eigenvalue weighted by Gasteiger charge is 2.28. The Kier molecular flexibility index (Phi) is 5.54. The third-order valence-electron chi connectivity index (χ3n) is 5.35. The van der Waals surface area contributed by atoms with Crippen molar-refractivity contribution >= 4 is 11.7 Å². The normalized spacial score (nSPS) is 18.0. The molecule has 0 saturated carbocycles. The molecule has 2 aromatic carbocycles. The highest BCUT2D eigenvalue weighted by Crippen LogP contribution is 2.29. The molecule has 5 nitrogen and oxygen atoms in total. The van der Waals surface area contributed by atoms with Gasteiger partial charge in [0.25, 0.3) is 0 Å². The lowest BCUT2D eigenvalue weighted by atomic mass is 10.0. The molecule has 7 heteroatoms. The Balaban J connectivity index is 1.49. The molecule has 0 aliphatic carbocycles. The molecule has 4 rings (SSSR count). The molecular weight excluding hydrogens is 364 g/mol. The number of benzene rings is 2. The SMILES string of the molecule is O=C(NCC(c1cccc(F)c1)N1CCOCC1)N1CCc2ccc(F)cc21.